The summed E-state index contributed by atoms with van der Waals surface area (Å²) in [6.45, 7) is 0. The number of halogens is 3. The van der Waals surface area contributed by atoms with Crippen LogP contribution in [0.25, 0.3) is 54.6 Å². The van der Waals surface area contributed by atoms with Gasteiger partial charge in [0.25, 0.3) is 0 Å². The summed E-state index contributed by atoms with van der Waals surface area (Å²) >= 11 is 0. The molecule has 0 aliphatic rings. The zero-order valence-electron chi connectivity index (χ0n) is 33.3. The molecule has 0 saturated carbocycles. The number of hydrogen-bond acceptors (Lipinski definition) is 2. The van der Waals surface area contributed by atoms with Gasteiger partial charge in [-0.2, -0.15) is 0 Å². The third-order valence-corrected chi connectivity index (χ3v) is 17.0. The smallest absolute Gasteiger partial charge is 0.179 e. The first-order chi connectivity index (χ1) is 30.5. The van der Waals surface area contributed by atoms with Gasteiger partial charge in [0.2, 0.25) is 0 Å². The van der Waals surface area contributed by atoms with Gasteiger partial charge in [-0.15, -0.1) is 0 Å². The van der Waals surface area contributed by atoms with Gasteiger partial charge in [0.05, 0.1) is 11.4 Å². The van der Waals surface area contributed by atoms with Crippen molar-refractivity contribution < 1.29 is 17.6 Å². The Morgan fingerprint density at radius 3 is 1.52 bits per heavy atom. The number of hydrogen-bond donors (Lipinski definition) is 0. The van der Waals surface area contributed by atoms with Gasteiger partial charge in [0.1, 0.15) is 28.6 Å². The molecule has 0 atom stereocenters. The molecule has 1 heterocycles. The minimum absolute atomic E-state index is 0.361. The van der Waals surface area contributed by atoms with Crippen molar-refractivity contribution in [1.29, 1.82) is 0 Å². The van der Waals surface area contributed by atoms with Crippen LogP contribution in [-0.2, 0) is 0 Å². The lowest BCUT2D eigenvalue weighted by molar-refractivity contribution is 0.628. The molecule has 11 aromatic rings. The third-order valence-electron chi connectivity index (χ3n) is 12.2. The van der Waals surface area contributed by atoms with Crippen molar-refractivity contribution in [2.45, 2.75) is 0 Å². The average Bonchev–Trinajstić information content (AvgIpc) is 3.71. The van der Waals surface area contributed by atoms with Crippen LogP contribution in [0.4, 0.5) is 30.2 Å². The average molecular weight is 824 g/mol. The predicted octanol–water partition coefficient (Wildman–Crippen LogP) is 12.8. The van der Waals surface area contributed by atoms with E-state index in [9.17, 15) is 13.2 Å². The van der Waals surface area contributed by atoms with E-state index in [0.717, 1.165) is 92.4 Å². The summed E-state index contributed by atoms with van der Waals surface area (Å²) in [6, 6.07) is 70.3. The SMILES string of the molecule is Fc1ccc([Si](c2ccc(F)cc2)(c2ccc(F)cc2)c2ccc(N(c3ccc(-c4ccccc4)c4ccccc34)c3cccc4ccc5c6ccccc6oc5c34)cc2)cc1. The van der Waals surface area contributed by atoms with Crippen LogP contribution in [0.1, 0.15) is 0 Å². The Kier molecular flexibility index (Phi) is 9.09. The second kappa shape index (κ2) is 15.1. The van der Waals surface area contributed by atoms with Crippen molar-refractivity contribution in [2.75, 3.05) is 4.90 Å². The van der Waals surface area contributed by atoms with E-state index in [0.29, 0.717) is 0 Å². The molecule has 0 N–H and O–H groups in total. The number of para-hydroxylation sites is 1. The Morgan fingerprint density at radius 2 is 0.903 bits per heavy atom. The topological polar surface area (TPSA) is 16.4 Å². The molecular formula is C56H36F3NOSi. The molecule has 6 heteroatoms. The number of nitrogens with zero attached hydrogens (tertiary/aromatic N) is 1. The Bertz CT molecular complexity index is 3310. The van der Waals surface area contributed by atoms with Crippen LogP contribution in [0, 0.1) is 17.5 Å². The second-order valence-electron chi connectivity index (χ2n) is 15.6. The summed E-state index contributed by atoms with van der Waals surface area (Å²) < 4.78 is 50.7. The Labute approximate surface area is 357 Å². The van der Waals surface area contributed by atoms with Crippen LogP contribution in [0.5, 0.6) is 0 Å². The van der Waals surface area contributed by atoms with E-state index in [-0.39, 0.29) is 17.5 Å². The zero-order chi connectivity index (χ0) is 41.8. The fourth-order valence-corrected chi connectivity index (χ4v) is 14.1. The van der Waals surface area contributed by atoms with E-state index in [4.69, 9.17) is 4.42 Å². The fourth-order valence-electron chi connectivity index (χ4n) is 9.44. The van der Waals surface area contributed by atoms with E-state index in [2.05, 4.69) is 126 Å². The standard InChI is InChI=1S/C56H36F3NOSi/c57-39-18-26-43(27-19-39)62(44-28-20-40(58)21-29-44,45-30-22-41(59)23-31-45)46-32-24-42(25-33-46)60(52-36-35-47(37-9-2-1-3-10-37)48-12-4-5-13-49(48)52)53-15-8-11-38-17-34-51-50-14-6-7-16-54(50)61-56(51)55(38)53/h1-36H. The maximum absolute atomic E-state index is 14.7. The van der Waals surface area contributed by atoms with Crippen molar-refractivity contribution >= 4 is 89.4 Å². The summed E-state index contributed by atoms with van der Waals surface area (Å²) in [4.78, 5) is 2.31. The molecule has 62 heavy (non-hydrogen) atoms. The lowest BCUT2D eigenvalue weighted by Gasteiger charge is -2.35. The molecule has 0 spiro atoms. The normalized spacial score (nSPS) is 11.8. The van der Waals surface area contributed by atoms with Crippen molar-refractivity contribution in [2.24, 2.45) is 0 Å². The Balaban J connectivity index is 1.19. The first-order valence-electron chi connectivity index (χ1n) is 20.6. The van der Waals surface area contributed by atoms with E-state index >= 15 is 0 Å². The maximum atomic E-state index is 14.7. The van der Waals surface area contributed by atoms with Crippen LogP contribution >= 0.6 is 0 Å². The highest BCUT2D eigenvalue weighted by atomic mass is 28.3. The van der Waals surface area contributed by atoms with Gasteiger partial charge in [0.15, 0.2) is 8.07 Å². The first kappa shape index (κ1) is 37.3. The molecular weight excluding hydrogens is 788 g/mol. The Morgan fingerprint density at radius 1 is 0.371 bits per heavy atom. The molecule has 296 valence electrons. The molecule has 0 aliphatic heterocycles. The van der Waals surface area contributed by atoms with Crippen LogP contribution < -0.4 is 25.6 Å². The second-order valence-corrected chi connectivity index (χ2v) is 19.4. The molecule has 0 amide bonds. The molecule has 0 radical (unpaired) electrons. The van der Waals surface area contributed by atoms with Gasteiger partial charge in [0, 0.05) is 27.2 Å². The van der Waals surface area contributed by atoms with Crippen molar-refractivity contribution in [3.05, 3.63) is 236 Å². The van der Waals surface area contributed by atoms with E-state index in [1.807, 2.05) is 60.7 Å². The van der Waals surface area contributed by atoms with Crippen molar-refractivity contribution in [3.63, 3.8) is 0 Å². The maximum Gasteiger partial charge on any atom is 0.179 e. The van der Waals surface area contributed by atoms with Gasteiger partial charge in [-0.25, -0.2) is 13.2 Å². The van der Waals surface area contributed by atoms with Crippen LogP contribution in [0.2, 0.25) is 0 Å². The molecule has 11 rings (SSSR count). The quantitative estimate of drug-likeness (QED) is 0.112. The number of anilines is 3. The monoisotopic (exact) mass is 823 g/mol. The van der Waals surface area contributed by atoms with E-state index in [1.165, 1.54) is 36.4 Å². The number of fused-ring (bicyclic) bond motifs is 6. The third kappa shape index (κ3) is 6.10. The lowest BCUT2D eigenvalue weighted by Crippen LogP contribution is -2.74. The van der Waals surface area contributed by atoms with E-state index in [1.54, 1.807) is 0 Å². The number of rotatable bonds is 8. The molecule has 0 fully saturated rings. The minimum Gasteiger partial charge on any atom is -0.455 e. The number of furan rings is 1. The molecule has 2 nitrogen and oxygen atoms in total. The fraction of sp³-hybridized carbons (Fsp3) is 0. The van der Waals surface area contributed by atoms with Crippen molar-refractivity contribution in [1.82, 2.24) is 0 Å². The highest BCUT2D eigenvalue weighted by Gasteiger charge is 2.42. The van der Waals surface area contributed by atoms with Gasteiger partial charge in [-0.05, 0) is 115 Å². The van der Waals surface area contributed by atoms with Crippen LogP contribution in [0.15, 0.2) is 223 Å². The van der Waals surface area contributed by atoms with Crippen LogP contribution in [0.3, 0.4) is 0 Å². The van der Waals surface area contributed by atoms with Gasteiger partial charge in [-0.1, -0.05) is 146 Å². The summed E-state index contributed by atoms with van der Waals surface area (Å²) in [5, 5.41) is 9.90. The molecule has 0 unspecified atom stereocenters. The molecule has 0 aliphatic carbocycles. The van der Waals surface area contributed by atoms with Gasteiger partial charge in [-0.3, -0.25) is 0 Å². The van der Waals surface area contributed by atoms with E-state index < -0.39 is 8.07 Å². The molecule has 10 aromatic carbocycles. The minimum atomic E-state index is -3.31. The summed E-state index contributed by atoms with van der Waals surface area (Å²) in [5.41, 5.74) is 6.70. The molecule has 1 aromatic heterocycles. The highest BCUT2D eigenvalue weighted by Crippen LogP contribution is 2.46. The molecule has 0 saturated heterocycles. The summed E-state index contributed by atoms with van der Waals surface area (Å²) in [5.74, 6) is -1.08. The van der Waals surface area contributed by atoms with Crippen molar-refractivity contribution in [3.8, 4) is 11.1 Å². The summed E-state index contributed by atoms with van der Waals surface area (Å²) in [6.07, 6.45) is 0. The summed E-state index contributed by atoms with van der Waals surface area (Å²) in [7, 11) is -3.31. The largest absolute Gasteiger partial charge is 0.455 e. The molecule has 0 bridgehead atoms. The highest BCUT2D eigenvalue weighted by molar-refractivity contribution is 7.19. The van der Waals surface area contributed by atoms with Gasteiger partial charge < -0.3 is 9.32 Å². The number of benzene rings is 10. The van der Waals surface area contributed by atoms with Crippen LogP contribution in [-0.4, -0.2) is 8.07 Å². The Hall–Kier alpha value is -7.67. The van der Waals surface area contributed by atoms with Gasteiger partial charge >= 0.3 is 0 Å². The zero-order valence-corrected chi connectivity index (χ0v) is 34.3. The lowest BCUT2D eigenvalue weighted by atomic mass is 9.96. The predicted molar refractivity (Wildman–Crippen MR) is 252 cm³/mol. The first-order valence-corrected chi connectivity index (χ1v) is 22.6.